The van der Waals surface area contributed by atoms with Gasteiger partial charge in [-0.05, 0) is 42.8 Å². The molecule has 2 aromatic rings. The van der Waals surface area contributed by atoms with Gasteiger partial charge in [0.25, 0.3) is 5.91 Å². The van der Waals surface area contributed by atoms with Gasteiger partial charge in [0.2, 0.25) is 0 Å². The minimum Gasteiger partial charge on any atom is -0.490 e. The molecule has 0 aromatic heterocycles. The van der Waals surface area contributed by atoms with Crippen LogP contribution in [0.1, 0.15) is 12.5 Å². The third-order valence-electron chi connectivity index (χ3n) is 3.72. The van der Waals surface area contributed by atoms with Crippen molar-refractivity contribution in [1.29, 1.82) is 5.26 Å². The Bertz CT molecular complexity index is 1020. The molecule has 2 rings (SSSR count). The Kier molecular flexibility index (Phi) is 8.38. The lowest BCUT2D eigenvalue weighted by atomic mass is 10.1. The maximum absolute atomic E-state index is 13.8. The van der Waals surface area contributed by atoms with Gasteiger partial charge in [0.1, 0.15) is 17.5 Å². The van der Waals surface area contributed by atoms with E-state index in [1.54, 1.807) is 31.2 Å². The van der Waals surface area contributed by atoms with Crippen LogP contribution < -0.4 is 14.8 Å². The minimum atomic E-state index is -0.765. The lowest BCUT2D eigenvalue weighted by Crippen LogP contribution is -2.14. The molecule has 0 radical (unpaired) electrons. The fraction of sp³-hybridized carbons (Fsp3) is 0.190. The molecule has 0 aliphatic heterocycles. The molecule has 0 spiro atoms. The maximum Gasteiger partial charge on any atom is 0.343 e. The maximum atomic E-state index is 13.8. The second-order valence-corrected chi connectivity index (χ2v) is 6.58. The topological polar surface area (TPSA) is 97.6 Å². The molecular weight excluding hydrogens is 459 g/mol. The third-order valence-corrected chi connectivity index (χ3v) is 4.41. The summed E-state index contributed by atoms with van der Waals surface area (Å²) >= 11 is 3.34. The molecule has 156 valence electrons. The van der Waals surface area contributed by atoms with E-state index in [9.17, 15) is 19.2 Å². The van der Waals surface area contributed by atoms with E-state index in [2.05, 4.69) is 26.0 Å². The highest BCUT2D eigenvalue weighted by atomic mass is 79.9. The number of benzene rings is 2. The summed E-state index contributed by atoms with van der Waals surface area (Å²) in [6.45, 7) is 1.77. The quantitative estimate of drug-likeness (QED) is 0.350. The van der Waals surface area contributed by atoms with Gasteiger partial charge < -0.3 is 19.5 Å². The first kappa shape index (κ1) is 22.9. The molecule has 1 amide bonds. The highest BCUT2D eigenvalue weighted by Gasteiger charge is 2.16. The number of nitriles is 1. The van der Waals surface area contributed by atoms with Gasteiger partial charge in [0.15, 0.2) is 18.1 Å². The van der Waals surface area contributed by atoms with Gasteiger partial charge in [-0.15, -0.1) is 0 Å². The zero-order valence-corrected chi connectivity index (χ0v) is 17.8. The highest BCUT2D eigenvalue weighted by molar-refractivity contribution is 9.10. The highest BCUT2D eigenvalue weighted by Crippen LogP contribution is 2.35. The molecule has 0 atom stereocenters. The first-order valence-corrected chi connectivity index (χ1v) is 9.52. The summed E-state index contributed by atoms with van der Waals surface area (Å²) < 4.78 is 29.7. The van der Waals surface area contributed by atoms with E-state index >= 15 is 0 Å². The van der Waals surface area contributed by atoms with Crippen LogP contribution in [0.15, 0.2) is 46.4 Å². The van der Waals surface area contributed by atoms with Gasteiger partial charge in [-0.25, -0.2) is 9.18 Å². The van der Waals surface area contributed by atoms with Crippen LogP contribution in [0.4, 0.5) is 10.1 Å². The van der Waals surface area contributed by atoms with Gasteiger partial charge >= 0.3 is 5.97 Å². The monoisotopic (exact) mass is 476 g/mol. The van der Waals surface area contributed by atoms with Crippen molar-refractivity contribution in [2.24, 2.45) is 0 Å². The summed E-state index contributed by atoms with van der Waals surface area (Å²) in [6, 6.07) is 10.5. The van der Waals surface area contributed by atoms with Gasteiger partial charge in [0.05, 0.1) is 19.4 Å². The summed E-state index contributed by atoms with van der Waals surface area (Å²) in [5, 5.41) is 11.8. The number of amides is 1. The normalized spacial score (nSPS) is 10.7. The summed E-state index contributed by atoms with van der Waals surface area (Å²) in [5.41, 5.74) is 0.165. The number of hydrogen-bond acceptors (Lipinski definition) is 6. The fourth-order valence-electron chi connectivity index (χ4n) is 2.29. The summed E-state index contributed by atoms with van der Waals surface area (Å²) in [4.78, 5) is 23.7. The van der Waals surface area contributed by atoms with E-state index < -0.39 is 17.7 Å². The Labute approximate surface area is 181 Å². The van der Waals surface area contributed by atoms with Crippen LogP contribution >= 0.6 is 15.9 Å². The Morgan fingerprint density at radius 3 is 2.57 bits per heavy atom. The molecule has 30 heavy (non-hydrogen) atoms. The number of methoxy groups -OCH3 is 1. The fourth-order valence-corrected chi connectivity index (χ4v) is 2.73. The van der Waals surface area contributed by atoms with Crippen molar-refractivity contribution < 1.29 is 28.2 Å². The van der Waals surface area contributed by atoms with Crippen molar-refractivity contribution in [2.75, 3.05) is 25.6 Å². The summed E-state index contributed by atoms with van der Waals surface area (Å²) in [5.74, 6) is -1.36. The number of ether oxygens (including phenoxy) is 3. The Hall–Kier alpha value is -3.38. The lowest BCUT2D eigenvalue weighted by molar-refractivity contribution is -0.142. The Morgan fingerprint density at radius 1 is 1.23 bits per heavy atom. The number of carbonyl (C=O) groups excluding carboxylic acids is 2. The van der Waals surface area contributed by atoms with E-state index in [1.165, 1.54) is 31.4 Å². The third kappa shape index (κ3) is 6.06. The zero-order valence-electron chi connectivity index (χ0n) is 16.2. The minimum absolute atomic E-state index is 0.0377. The second-order valence-electron chi connectivity index (χ2n) is 5.72. The number of anilines is 1. The molecule has 0 heterocycles. The number of halogens is 2. The number of nitrogens with zero attached hydrogens (tertiary/aromatic N) is 1. The van der Waals surface area contributed by atoms with Gasteiger partial charge in [0, 0.05) is 4.47 Å². The van der Waals surface area contributed by atoms with Crippen molar-refractivity contribution in [3.05, 3.63) is 57.8 Å². The van der Waals surface area contributed by atoms with E-state index in [1.807, 2.05) is 0 Å². The van der Waals surface area contributed by atoms with Crippen LogP contribution in [0.25, 0.3) is 6.08 Å². The molecule has 0 fully saturated rings. The van der Waals surface area contributed by atoms with Gasteiger partial charge in [-0.3, -0.25) is 4.79 Å². The summed E-state index contributed by atoms with van der Waals surface area (Å²) in [6.07, 6.45) is 1.33. The number of rotatable bonds is 8. The van der Waals surface area contributed by atoms with Crippen LogP contribution in [-0.4, -0.2) is 32.2 Å². The smallest absolute Gasteiger partial charge is 0.343 e. The van der Waals surface area contributed by atoms with E-state index in [4.69, 9.17) is 9.47 Å². The van der Waals surface area contributed by atoms with E-state index in [0.717, 1.165) is 0 Å². The first-order chi connectivity index (χ1) is 14.4. The molecule has 0 saturated carbocycles. The Morgan fingerprint density at radius 2 is 1.93 bits per heavy atom. The number of para-hydroxylation sites is 1. The molecule has 9 heteroatoms. The van der Waals surface area contributed by atoms with Crippen LogP contribution in [0.5, 0.6) is 11.5 Å². The van der Waals surface area contributed by atoms with Crippen LogP contribution in [0.3, 0.4) is 0 Å². The number of carbonyl (C=O) groups is 2. The molecule has 7 nitrogen and oxygen atoms in total. The second kappa shape index (κ2) is 11.0. The van der Waals surface area contributed by atoms with Crippen molar-refractivity contribution in [3.63, 3.8) is 0 Å². The number of hydrogen-bond donors (Lipinski definition) is 1. The predicted molar refractivity (Wildman–Crippen MR) is 111 cm³/mol. The summed E-state index contributed by atoms with van der Waals surface area (Å²) in [7, 11) is 1.24. The van der Waals surface area contributed by atoms with Crippen molar-refractivity contribution >= 4 is 39.6 Å². The average molecular weight is 477 g/mol. The van der Waals surface area contributed by atoms with Crippen LogP contribution in [0.2, 0.25) is 0 Å². The Balaban J connectivity index is 2.33. The SMILES string of the molecule is CCOc1cc(/C=C(/C#N)C(=O)Nc2ccccc2F)c(Br)cc1OCC(=O)OC. The van der Waals surface area contributed by atoms with E-state index in [-0.39, 0.29) is 23.6 Å². The molecule has 0 unspecified atom stereocenters. The molecule has 0 aliphatic rings. The molecule has 0 aliphatic carbocycles. The number of esters is 1. The molecule has 0 bridgehead atoms. The largest absolute Gasteiger partial charge is 0.490 e. The zero-order chi connectivity index (χ0) is 22.1. The molecule has 0 saturated heterocycles. The van der Waals surface area contributed by atoms with Gasteiger partial charge in [-0.1, -0.05) is 28.1 Å². The predicted octanol–water partition coefficient (Wildman–Crippen LogP) is 4.08. The first-order valence-electron chi connectivity index (χ1n) is 8.73. The van der Waals surface area contributed by atoms with Crippen molar-refractivity contribution in [3.8, 4) is 17.6 Å². The van der Waals surface area contributed by atoms with Crippen LogP contribution in [0, 0.1) is 17.1 Å². The molecule has 2 aromatic carbocycles. The van der Waals surface area contributed by atoms with Crippen molar-refractivity contribution in [1.82, 2.24) is 0 Å². The molecule has 1 N–H and O–H groups in total. The average Bonchev–Trinajstić information content (AvgIpc) is 2.74. The van der Waals surface area contributed by atoms with Crippen LogP contribution in [-0.2, 0) is 14.3 Å². The lowest BCUT2D eigenvalue weighted by Gasteiger charge is -2.13. The number of nitrogens with one attached hydrogen (secondary N) is 1. The standard InChI is InChI=1S/C21H18BrFN2O5/c1-3-29-18-9-13(15(22)10-19(18)30-12-20(26)28-2)8-14(11-24)21(27)25-17-7-5-4-6-16(17)23/h4-10H,3,12H2,1-2H3,(H,25,27)/b14-8-. The molecular formula is C21H18BrFN2O5. The van der Waals surface area contributed by atoms with Gasteiger partial charge in [-0.2, -0.15) is 5.26 Å². The van der Waals surface area contributed by atoms with E-state index in [0.29, 0.717) is 22.4 Å². The van der Waals surface area contributed by atoms with Crippen molar-refractivity contribution in [2.45, 2.75) is 6.92 Å².